The third-order valence-corrected chi connectivity index (χ3v) is 7.20. The zero-order valence-electron chi connectivity index (χ0n) is 20.9. The minimum atomic E-state index is -0.523. The molecular weight excluding hydrogens is 487 g/mol. The molecule has 0 amide bonds. The van der Waals surface area contributed by atoms with Crippen LogP contribution in [0.5, 0.6) is 5.75 Å². The fourth-order valence-electron chi connectivity index (χ4n) is 4.17. The number of aryl methyl sites for hydroxylation is 2. The summed E-state index contributed by atoms with van der Waals surface area (Å²) < 4.78 is 13.4. The third kappa shape index (κ3) is 5.68. The van der Waals surface area contributed by atoms with Crippen LogP contribution in [-0.4, -0.2) is 22.1 Å². The summed E-state index contributed by atoms with van der Waals surface area (Å²) >= 11 is 1.17. The number of aromatic amines is 1. The summed E-state index contributed by atoms with van der Waals surface area (Å²) in [6.45, 7) is 3.82. The molecule has 0 saturated heterocycles. The average Bonchev–Trinajstić information content (AvgIpc) is 2.90. The average molecular weight is 515 g/mol. The molecule has 2 aromatic heterocycles. The van der Waals surface area contributed by atoms with E-state index in [1.54, 1.807) is 36.1 Å². The van der Waals surface area contributed by atoms with Gasteiger partial charge in [-0.05, 0) is 67.8 Å². The Hall–Kier alpha value is -4.09. The summed E-state index contributed by atoms with van der Waals surface area (Å²) in [6.07, 6.45) is 2.38. The van der Waals surface area contributed by atoms with Crippen molar-refractivity contribution in [2.75, 3.05) is 11.9 Å². The van der Waals surface area contributed by atoms with Crippen LogP contribution in [0, 0.1) is 24.2 Å². The number of halogens is 1. The van der Waals surface area contributed by atoms with E-state index in [1.165, 1.54) is 17.8 Å². The molecule has 0 unspecified atom stereocenters. The second-order valence-electron chi connectivity index (χ2n) is 8.68. The van der Waals surface area contributed by atoms with Crippen LogP contribution < -0.4 is 10.5 Å². The number of aromatic nitrogens is 2. The van der Waals surface area contributed by atoms with E-state index in [0.29, 0.717) is 29.1 Å². The van der Waals surface area contributed by atoms with Crippen molar-refractivity contribution < 1.29 is 9.50 Å². The molecular formula is C29H27FN4O2S. The minimum absolute atomic E-state index is 0.104. The lowest BCUT2D eigenvalue weighted by Gasteiger charge is -2.24. The summed E-state index contributed by atoms with van der Waals surface area (Å²) in [5.74, 6) is -0.627. The number of anilines is 2. The van der Waals surface area contributed by atoms with Crippen molar-refractivity contribution in [3.05, 3.63) is 93.9 Å². The number of nitrogens with zero attached hydrogens (tertiary/aromatic N) is 3. The van der Waals surface area contributed by atoms with Crippen molar-refractivity contribution >= 4 is 23.1 Å². The van der Waals surface area contributed by atoms with Crippen molar-refractivity contribution in [1.29, 1.82) is 5.26 Å². The fourth-order valence-corrected chi connectivity index (χ4v) is 5.02. The zero-order chi connectivity index (χ0) is 26.5. The molecule has 8 heteroatoms. The highest BCUT2D eigenvalue weighted by Crippen LogP contribution is 2.42. The summed E-state index contributed by atoms with van der Waals surface area (Å²) in [4.78, 5) is 22.7. The van der Waals surface area contributed by atoms with Crippen LogP contribution in [0.3, 0.4) is 0 Å². The quantitative estimate of drug-likeness (QED) is 0.254. The number of nitrogens with one attached hydrogen (secondary N) is 1. The Morgan fingerprint density at radius 1 is 1.16 bits per heavy atom. The van der Waals surface area contributed by atoms with Gasteiger partial charge in [0.1, 0.15) is 10.6 Å². The number of nitriles is 1. The highest BCUT2D eigenvalue weighted by atomic mass is 32.2. The molecule has 0 aliphatic carbocycles. The van der Waals surface area contributed by atoms with Gasteiger partial charge >= 0.3 is 0 Å². The fraction of sp³-hybridized carbons (Fsp3) is 0.207. The molecule has 0 fully saturated rings. The Bertz CT molecular complexity index is 1530. The number of unbranched alkanes of at least 4 members (excludes halogenated alkanes) is 1. The number of pyridine rings is 2. The molecule has 0 aliphatic heterocycles. The molecule has 0 atom stereocenters. The molecule has 188 valence electrons. The molecule has 4 aromatic rings. The monoisotopic (exact) mass is 514 g/mol. The van der Waals surface area contributed by atoms with E-state index in [4.69, 9.17) is 0 Å². The van der Waals surface area contributed by atoms with Crippen molar-refractivity contribution in [3.8, 4) is 22.9 Å². The molecule has 0 bridgehead atoms. The van der Waals surface area contributed by atoms with Gasteiger partial charge in [0.2, 0.25) is 5.95 Å². The van der Waals surface area contributed by atoms with Crippen LogP contribution in [0.4, 0.5) is 15.8 Å². The van der Waals surface area contributed by atoms with Crippen LogP contribution in [-0.2, 0) is 6.42 Å². The summed E-state index contributed by atoms with van der Waals surface area (Å²) in [5, 5.41) is 20.7. The lowest BCUT2D eigenvalue weighted by atomic mass is 10.1. The molecule has 2 N–H and O–H groups in total. The van der Waals surface area contributed by atoms with Gasteiger partial charge in [-0.2, -0.15) is 9.65 Å². The maximum atomic E-state index is 13.4. The normalized spacial score (nSPS) is 10.8. The van der Waals surface area contributed by atoms with Crippen molar-refractivity contribution in [2.24, 2.45) is 0 Å². The number of hydrogen-bond donors (Lipinski definition) is 2. The van der Waals surface area contributed by atoms with Crippen molar-refractivity contribution in [2.45, 2.75) is 42.9 Å². The SMILES string of the molecule is CCCCc1[nH]c(=O)c(Sc2ccc(-c3ccc(F)nc3C)cc2)c(O)c1N(C)c1cccc(C#N)c1. The first-order valence-corrected chi connectivity index (χ1v) is 12.8. The first kappa shape index (κ1) is 26.0. The van der Waals surface area contributed by atoms with E-state index < -0.39 is 5.95 Å². The van der Waals surface area contributed by atoms with Gasteiger partial charge in [-0.25, -0.2) is 4.98 Å². The van der Waals surface area contributed by atoms with Gasteiger partial charge in [-0.1, -0.05) is 43.3 Å². The second kappa shape index (κ2) is 11.3. The molecule has 0 spiro atoms. The van der Waals surface area contributed by atoms with Crippen LogP contribution in [0.1, 0.15) is 36.7 Å². The Kier molecular flexibility index (Phi) is 7.95. The number of aromatic hydroxyl groups is 1. The third-order valence-electron chi connectivity index (χ3n) is 6.11. The lowest BCUT2D eigenvalue weighted by molar-refractivity contribution is 0.459. The Morgan fingerprint density at radius 2 is 1.92 bits per heavy atom. The summed E-state index contributed by atoms with van der Waals surface area (Å²) in [7, 11) is 1.81. The molecule has 4 rings (SSSR count). The van der Waals surface area contributed by atoms with E-state index in [2.05, 4.69) is 23.0 Å². The van der Waals surface area contributed by atoms with Gasteiger partial charge in [0, 0.05) is 34.6 Å². The smallest absolute Gasteiger partial charge is 0.266 e. The molecule has 2 heterocycles. The molecule has 0 saturated carbocycles. The van der Waals surface area contributed by atoms with Crippen molar-refractivity contribution in [1.82, 2.24) is 9.97 Å². The Labute approximate surface area is 219 Å². The Balaban J connectivity index is 1.72. The standard InChI is InChI=1S/C29H27FN4O2S/c1-4-5-9-24-26(34(3)21-8-6-7-19(16-21)17-31)27(35)28(29(36)33-24)37-22-12-10-20(11-13-22)23-14-15-25(30)32-18(23)2/h6-8,10-16H,4-5,9H2,1-3H3,(H2,33,35,36). The van der Waals surface area contributed by atoms with Crippen LogP contribution in [0.25, 0.3) is 11.1 Å². The van der Waals surface area contributed by atoms with Gasteiger partial charge in [-0.3, -0.25) is 4.79 Å². The highest BCUT2D eigenvalue weighted by molar-refractivity contribution is 7.99. The van der Waals surface area contributed by atoms with Gasteiger partial charge in [0.15, 0.2) is 5.75 Å². The zero-order valence-corrected chi connectivity index (χ0v) is 21.7. The molecule has 2 aromatic carbocycles. The minimum Gasteiger partial charge on any atom is -0.504 e. The van der Waals surface area contributed by atoms with Gasteiger partial charge in [0.05, 0.1) is 11.6 Å². The predicted molar refractivity (Wildman–Crippen MR) is 145 cm³/mol. The van der Waals surface area contributed by atoms with E-state index >= 15 is 0 Å². The molecule has 6 nitrogen and oxygen atoms in total. The van der Waals surface area contributed by atoms with E-state index in [9.17, 15) is 19.6 Å². The van der Waals surface area contributed by atoms with Crippen LogP contribution in [0.15, 0.2) is 75.2 Å². The number of hydrogen-bond acceptors (Lipinski definition) is 6. The lowest BCUT2D eigenvalue weighted by Crippen LogP contribution is -2.19. The molecule has 0 aliphatic rings. The van der Waals surface area contributed by atoms with Crippen molar-refractivity contribution in [3.63, 3.8) is 0 Å². The first-order valence-electron chi connectivity index (χ1n) is 12.0. The summed E-state index contributed by atoms with van der Waals surface area (Å²) in [5.41, 5.74) is 4.31. The first-order chi connectivity index (χ1) is 17.8. The molecule has 37 heavy (non-hydrogen) atoms. The topological polar surface area (TPSA) is 93.0 Å². The number of H-pyrrole nitrogens is 1. The molecule has 0 radical (unpaired) electrons. The number of benzene rings is 2. The number of rotatable bonds is 8. The maximum Gasteiger partial charge on any atom is 0.266 e. The predicted octanol–water partition coefficient (Wildman–Crippen LogP) is 6.72. The van der Waals surface area contributed by atoms with Gasteiger partial charge in [-0.15, -0.1) is 0 Å². The second-order valence-corrected chi connectivity index (χ2v) is 9.76. The van der Waals surface area contributed by atoms with Crippen LogP contribution >= 0.6 is 11.8 Å². The van der Waals surface area contributed by atoms with E-state index in [0.717, 1.165) is 34.6 Å². The Morgan fingerprint density at radius 3 is 2.59 bits per heavy atom. The highest BCUT2D eigenvalue weighted by Gasteiger charge is 2.22. The van der Waals surface area contributed by atoms with Gasteiger partial charge < -0.3 is 15.0 Å². The van der Waals surface area contributed by atoms with Crippen LogP contribution in [0.2, 0.25) is 0 Å². The van der Waals surface area contributed by atoms with Gasteiger partial charge in [0.25, 0.3) is 5.56 Å². The summed E-state index contributed by atoms with van der Waals surface area (Å²) in [6, 6.07) is 19.7. The largest absolute Gasteiger partial charge is 0.504 e. The maximum absolute atomic E-state index is 13.4. The van der Waals surface area contributed by atoms with E-state index in [-0.39, 0.29) is 16.2 Å². The van der Waals surface area contributed by atoms with E-state index in [1.807, 2.05) is 37.4 Å².